The van der Waals surface area contributed by atoms with E-state index in [9.17, 15) is 9.59 Å². The number of carboxylic acids is 1. The molecule has 0 saturated heterocycles. The Morgan fingerprint density at radius 2 is 2.11 bits per heavy atom. The van der Waals surface area contributed by atoms with Crippen molar-refractivity contribution in [3.63, 3.8) is 0 Å². The van der Waals surface area contributed by atoms with E-state index in [1.165, 1.54) is 0 Å². The summed E-state index contributed by atoms with van der Waals surface area (Å²) < 4.78 is 0. The number of aliphatic hydroxyl groups excluding tert-OH is 1. The van der Waals surface area contributed by atoms with Gasteiger partial charge in [-0.25, -0.2) is 9.59 Å². The van der Waals surface area contributed by atoms with E-state index in [2.05, 4.69) is 10.6 Å². The van der Waals surface area contributed by atoms with Crippen LogP contribution in [0.3, 0.4) is 0 Å². The van der Waals surface area contributed by atoms with E-state index in [0.29, 0.717) is 5.69 Å². The molecule has 1 rings (SSSR count). The number of aliphatic carboxylic acids is 1. The van der Waals surface area contributed by atoms with Crippen LogP contribution in [0.15, 0.2) is 24.3 Å². The fourth-order valence-electron chi connectivity index (χ4n) is 1.58. The number of hydrogen-bond donors (Lipinski definition) is 4. The Morgan fingerprint density at radius 1 is 1.37 bits per heavy atom. The zero-order valence-electron chi connectivity index (χ0n) is 10.7. The fourth-order valence-corrected chi connectivity index (χ4v) is 1.58. The predicted octanol–water partition coefficient (Wildman–Crippen LogP) is 1.21. The van der Waals surface area contributed by atoms with E-state index in [1.807, 2.05) is 25.1 Å². The Kier molecular flexibility index (Phi) is 5.81. The molecule has 0 radical (unpaired) electrons. The molecule has 0 unspecified atom stereocenters. The molecule has 0 fully saturated rings. The van der Waals surface area contributed by atoms with Crippen LogP contribution in [0.25, 0.3) is 0 Å². The SMILES string of the molecule is CCc1cccc(NC(=O)N[C@@H](CCO)C(=O)O)c1. The molecule has 0 aliphatic rings. The highest BCUT2D eigenvalue weighted by Gasteiger charge is 2.19. The first-order chi connectivity index (χ1) is 9.06. The highest BCUT2D eigenvalue weighted by molar-refractivity contribution is 5.92. The molecule has 2 amide bonds. The van der Waals surface area contributed by atoms with Crippen molar-refractivity contribution in [2.45, 2.75) is 25.8 Å². The first kappa shape index (κ1) is 15.0. The van der Waals surface area contributed by atoms with Gasteiger partial charge in [0.1, 0.15) is 6.04 Å². The Balaban J connectivity index is 2.60. The van der Waals surface area contributed by atoms with E-state index in [1.54, 1.807) is 6.07 Å². The number of benzene rings is 1. The van der Waals surface area contributed by atoms with E-state index in [-0.39, 0.29) is 13.0 Å². The third kappa shape index (κ3) is 4.97. The van der Waals surface area contributed by atoms with Crippen molar-refractivity contribution in [3.8, 4) is 0 Å². The predicted molar refractivity (Wildman–Crippen MR) is 71.1 cm³/mol. The number of anilines is 1. The second-order valence-corrected chi connectivity index (χ2v) is 4.06. The van der Waals surface area contributed by atoms with E-state index in [4.69, 9.17) is 10.2 Å². The minimum Gasteiger partial charge on any atom is -0.480 e. The summed E-state index contributed by atoms with van der Waals surface area (Å²) in [7, 11) is 0. The van der Waals surface area contributed by atoms with E-state index >= 15 is 0 Å². The molecule has 0 aliphatic heterocycles. The van der Waals surface area contributed by atoms with Gasteiger partial charge < -0.3 is 20.8 Å². The van der Waals surface area contributed by atoms with Crippen LogP contribution in [0.2, 0.25) is 0 Å². The number of carbonyl (C=O) groups is 2. The van der Waals surface area contributed by atoms with Crippen molar-refractivity contribution in [1.29, 1.82) is 0 Å². The fraction of sp³-hybridized carbons (Fsp3) is 0.385. The molecule has 0 aromatic heterocycles. The zero-order valence-corrected chi connectivity index (χ0v) is 10.7. The highest BCUT2D eigenvalue weighted by Crippen LogP contribution is 2.10. The number of rotatable bonds is 6. The molecule has 104 valence electrons. The van der Waals surface area contributed by atoms with Crippen molar-refractivity contribution in [2.75, 3.05) is 11.9 Å². The summed E-state index contributed by atoms with van der Waals surface area (Å²) in [6.07, 6.45) is 0.817. The summed E-state index contributed by atoms with van der Waals surface area (Å²) in [5, 5.41) is 22.4. The van der Waals surface area contributed by atoms with Gasteiger partial charge in [0, 0.05) is 18.7 Å². The summed E-state index contributed by atoms with van der Waals surface area (Å²) in [4.78, 5) is 22.5. The number of carbonyl (C=O) groups excluding carboxylic acids is 1. The molecule has 6 heteroatoms. The molecule has 0 heterocycles. The summed E-state index contributed by atoms with van der Waals surface area (Å²) in [6.45, 7) is 1.70. The molecular weight excluding hydrogens is 248 g/mol. The molecule has 1 aromatic rings. The van der Waals surface area contributed by atoms with Gasteiger partial charge in [-0.05, 0) is 24.1 Å². The standard InChI is InChI=1S/C13H18N2O4/c1-2-9-4-3-5-10(8-9)14-13(19)15-11(6-7-16)12(17)18/h3-5,8,11,16H,2,6-7H2,1H3,(H,17,18)(H2,14,15,19)/t11-/m0/s1. The molecule has 6 nitrogen and oxygen atoms in total. The lowest BCUT2D eigenvalue weighted by atomic mass is 10.1. The van der Waals surface area contributed by atoms with Crippen LogP contribution in [0.1, 0.15) is 18.9 Å². The van der Waals surface area contributed by atoms with Crippen molar-refractivity contribution in [1.82, 2.24) is 5.32 Å². The second-order valence-electron chi connectivity index (χ2n) is 4.06. The maximum absolute atomic E-state index is 11.6. The Morgan fingerprint density at radius 3 is 2.68 bits per heavy atom. The van der Waals surface area contributed by atoms with Crippen LogP contribution >= 0.6 is 0 Å². The Labute approximate surface area is 111 Å². The molecule has 4 N–H and O–H groups in total. The molecule has 1 atom stereocenters. The first-order valence-corrected chi connectivity index (χ1v) is 6.07. The number of aliphatic hydroxyl groups is 1. The number of hydrogen-bond acceptors (Lipinski definition) is 3. The topological polar surface area (TPSA) is 98.7 Å². The van der Waals surface area contributed by atoms with E-state index in [0.717, 1.165) is 12.0 Å². The Hall–Kier alpha value is -2.08. The maximum Gasteiger partial charge on any atom is 0.326 e. The van der Waals surface area contributed by atoms with Gasteiger partial charge in [0.15, 0.2) is 0 Å². The van der Waals surface area contributed by atoms with Crippen molar-refractivity contribution >= 4 is 17.7 Å². The largest absolute Gasteiger partial charge is 0.480 e. The van der Waals surface area contributed by atoms with Crippen LogP contribution in [-0.2, 0) is 11.2 Å². The summed E-state index contributed by atoms with van der Waals surface area (Å²) >= 11 is 0. The maximum atomic E-state index is 11.6. The molecule has 0 saturated carbocycles. The van der Waals surface area contributed by atoms with Crippen LogP contribution in [0, 0.1) is 0 Å². The molecule has 0 bridgehead atoms. The molecule has 0 spiro atoms. The van der Waals surface area contributed by atoms with Crippen LogP contribution in [0.5, 0.6) is 0 Å². The van der Waals surface area contributed by atoms with Gasteiger partial charge in [-0.15, -0.1) is 0 Å². The van der Waals surface area contributed by atoms with Gasteiger partial charge in [-0.3, -0.25) is 0 Å². The highest BCUT2D eigenvalue weighted by atomic mass is 16.4. The zero-order chi connectivity index (χ0) is 14.3. The van der Waals surface area contributed by atoms with Crippen molar-refractivity contribution < 1.29 is 19.8 Å². The quantitative estimate of drug-likeness (QED) is 0.622. The lowest BCUT2D eigenvalue weighted by Gasteiger charge is -2.14. The molecule has 0 aliphatic carbocycles. The number of carboxylic acid groups (broad SMARTS) is 1. The number of amides is 2. The molecular formula is C13H18N2O4. The van der Waals surface area contributed by atoms with Gasteiger partial charge in [0.25, 0.3) is 0 Å². The van der Waals surface area contributed by atoms with Crippen molar-refractivity contribution in [2.24, 2.45) is 0 Å². The summed E-state index contributed by atoms with van der Waals surface area (Å²) in [5.74, 6) is -1.17. The van der Waals surface area contributed by atoms with Gasteiger partial charge in [0.05, 0.1) is 0 Å². The average molecular weight is 266 g/mol. The number of aryl methyl sites for hydroxylation is 1. The number of nitrogens with one attached hydrogen (secondary N) is 2. The minimum absolute atomic E-state index is 0.0300. The normalized spacial score (nSPS) is 11.7. The van der Waals surface area contributed by atoms with Crippen LogP contribution in [0.4, 0.5) is 10.5 Å². The number of urea groups is 1. The Bertz CT molecular complexity index is 448. The monoisotopic (exact) mass is 266 g/mol. The van der Waals surface area contributed by atoms with E-state index < -0.39 is 18.0 Å². The summed E-state index contributed by atoms with van der Waals surface area (Å²) in [5.41, 5.74) is 1.67. The molecule has 19 heavy (non-hydrogen) atoms. The lowest BCUT2D eigenvalue weighted by Crippen LogP contribution is -2.43. The van der Waals surface area contributed by atoms with Crippen LogP contribution < -0.4 is 10.6 Å². The smallest absolute Gasteiger partial charge is 0.326 e. The van der Waals surface area contributed by atoms with Gasteiger partial charge in [-0.1, -0.05) is 19.1 Å². The minimum atomic E-state index is -1.17. The van der Waals surface area contributed by atoms with Gasteiger partial charge >= 0.3 is 12.0 Å². The first-order valence-electron chi connectivity index (χ1n) is 6.07. The lowest BCUT2D eigenvalue weighted by molar-refractivity contribution is -0.139. The third-order valence-electron chi connectivity index (χ3n) is 2.61. The summed E-state index contributed by atoms with van der Waals surface area (Å²) in [6, 6.07) is 5.60. The van der Waals surface area contributed by atoms with Crippen LogP contribution in [-0.4, -0.2) is 34.9 Å². The third-order valence-corrected chi connectivity index (χ3v) is 2.61. The van der Waals surface area contributed by atoms with Crippen molar-refractivity contribution in [3.05, 3.63) is 29.8 Å². The molecule has 1 aromatic carbocycles. The second kappa shape index (κ2) is 7.38. The van der Waals surface area contributed by atoms with Gasteiger partial charge in [0.2, 0.25) is 0 Å². The average Bonchev–Trinajstić information content (AvgIpc) is 2.38. The van der Waals surface area contributed by atoms with Gasteiger partial charge in [-0.2, -0.15) is 0 Å².